The summed E-state index contributed by atoms with van der Waals surface area (Å²) < 4.78 is 0.939. The van der Waals surface area contributed by atoms with Crippen molar-refractivity contribution in [2.45, 2.75) is 19.4 Å². The molecule has 0 bridgehead atoms. The Labute approximate surface area is 120 Å². The molecule has 100 valence electrons. The maximum absolute atomic E-state index is 12.2. The molecule has 0 unspecified atom stereocenters. The lowest BCUT2D eigenvalue weighted by atomic mass is 10.1. The van der Waals surface area contributed by atoms with Gasteiger partial charge in [-0.05, 0) is 30.5 Å². The molecule has 0 N–H and O–H groups in total. The van der Waals surface area contributed by atoms with Crippen LogP contribution in [0.3, 0.4) is 0 Å². The summed E-state index contributed by atoms with van der Waals surface area (Å²) in [6, 6.07) is 5.60. The molecule has 3 rings (SSSR count). The molecule has 1 fully saturated rings. The van der Waals surface area contributed by atoms with E-state index in [-0.39, 0.29) is 18.4 Å². The molecule has 4 nitrogen and oxygen atoms in total. The summed E-state index contributed by atoms with van der Waals surface area (Å²) in [7, 11) is 0. The van der Waals surface area contributed by atoms with E-state index in [1.807, 2.05) is 23.1 Å². The third kappa shape index (κ3) is 2.27. The van der Waals surface area contributed by atoms with Gasteiger partial charge in [-0.3, -0.25) is 9.59 Å². The van der Waals surface area contributed by atoms with Gasteiger partial charge in [-0.2, -0.15) is 0 Å². The predicted octanol–water partition coefficient (Wildman–Crippen LogP) is 2.03. The Balaban J connectivity index is 1.73. The Morgan fingerprint density at radius 1 is 1.26 bits per heavy atom. The Bertz CT molecular complexity index is 538. The van der Waals surface area contributed by atoms with Crippen LogP contribution in [-0.2, 0) is 11.3 Å². The van der Waals surface area contributed by atoms with E-state index < -0.39 is 0 Å². The first-order valence-electron chi connectivity index (χ1n) is 6.51. The zero-order valence-corrected chi connectivity index (χ0v) is 12.1. The summed E-state index contributed by atoms with van der Waals surface area (Å²) in [5.74, 6) is 0.0265. The fraction of sp³-hybridized carbons (Fsp3) is 0.429. The number of hydrogen-bond donors (Lipinski definition) is 0. The molecule has 1 saturated heterocycles. The monoisotopic (exact) mass is 322 g/mol. The van der Waals surface area contributed by atoms with Crippen molar-refractivity contribution >= 4 is 27.7 Å². The molecule has 2 amide bonds. The zero-order chi connectivity index (χ0) is 13.4. The van der Waals surface area contributed by atoms with E-state index in [1.165, 1.54) is 0 Å². The van der Waals surface area contributed by atoms with Gasteiger partial charge in [-0.15, -0.1) is 0 Å². The highest BCUT2D eigenvalue weighted by molar-refractivity contribution is 9.10. The summed E-state index contributed by atoms with van der Waals surface area (Å²) in [6.45, 7) is 2.38. The van der Waals surface area contributed by atoms with Crippen molar-refractivity contribution in [2.24, 2.45) is 0 Å². The maximum atomic E-state index is 12.2. The quantitative estimate of drug-likeness (QED) is 0.836. The molecule has 0 spiro atoms. The third-order valence-corrected chi connectivity index (χ3v) is 4.51. The van der Waals surface area contributed by atoms with Gasteiger partial charge in [0.1, 0.15) is 6.54 Å². The first-order chi connectivity index (χ1) is 9.16. The number of carbonyl (C=O) groups is 2. The molecular weight excluding hydrogens is 308 g/mol. The Hall–Kier alpha value is -1.36. The van der Waals surface area contributed by atoms with E-state index in [2.05, 4.69) is 15.9 Å². The standard InChI is InChI=1S/C14H15BrN2O2/c15-12-5-3-4-10-11(12)8-17(14(10)19)9-13(18)16-6-1-2-7-16/h3-5H,1-2,6-9H2. The third-order valence-electron chi connectivity index (χ3n) is 3.77. The van der Waals surface area contributed by atoms with Gasteiger partial charge in [0.2, 0.25) is 5.91 Å². The van der Waals surface area contributed by atoms with Crippen molar-refractivity contribution in [3.05, 3.63) is 33.8 Å². The molecule has 19 heavy (non-hydrogen) atoms. The smallest absolute Gasteiger partial charge is 0.255 e. The van der Waals surface area contributed by atoms with E-state index in [9.17, 15) is 9.59 Å². The van der Waals surface area contributed by atoms with Crippen molar-refractivity contribution in [3.8, 4) is 0 Å². The molecule has 0 aliphatic carbocycles. The number of benzene rings is 1. The molecule has 1 aromatic rings. The Morgan fingerprint density at radius 2 is 2.00 bits per heavy atom. The summed E-state index contributed by atoms with van der Waals surface area (Å²) in [6.07, 6.45) is 2.15. The largest absolute Gasteiger partial charge is 0.341 e. The van der Waals surface area contributed by atoms with Gasteiger partial charge in [0.25, 0.3) is 5.91 Å². The van der Waals surface area contributed by atoms with Crippen LogP contribution in [0.15, 0.2) is 22.7 Å². The van der Waals surface area contributed by atoms with Crippen LogP contribution in [0.25, 0.3) is 0 Å². The lowest BCUT2D eigenvalue weighted by molar-refractivity contribution is -0.130. The van der Waals surface area contributed by atoms with Crippen LogP contribution in [0, 0.1) is 0 Å². The average Bonchev–Trinajstić information content (AvgIpc) is 3.01. The summed E-state index contributed by atoms with van der Waals surface area (Å²) in [5.41, 5.74) is 1.70. The minimum Gasteiger partial charge on any atom is -0.341 e. The van der Waals surface area contributed by atoms with Gasteiger partial charge >= 0.3 is 0 Å². The van der Waals surface area contributed by atoms with E-state index >= 15 is 0 Å². The molecular formula is C14H15BrN2O2. The molecule has 2 heterocycles. The van der Waals surface area contributed by atoms with Crippen LogP contribution >= 0.6 is 15.9 Å². The number of nitrogens with zero attached hydrogens (tertiary/aromatic N) is 2. The maximum Gasteiger partial charge on any atom is 0.255 e. The molecule has 0 atom stereocenters. The van der Waals surface area contributed by atoms with Gasteiger partial charge in [0.15, 0.2) is 0 Å². The first kappa shape index (κ1) is 12.7. The fourth-order valence-electron chi connectivity index (χ4n) is 2.71. The van der Waals surface area contributed by atoms with Crippen LogP contribution in [0.2, 0.25) is 0 Å². The minimum absolute atomic E-state index is 0.0381. The van der Waals surface area contributed by atoms with Crippen molar-refractivity contribution in [3.63, 3.8) is 0 Å². The van der Waals surface area contributed by atoms with Crippen molar-refractivity contribution in [2.75, 3.05) is 19.6 Å². The van der Waals surface area contributed by atoms with Crippen LogP contribution in [-0.4, -0.2) is 41.2 Å². The number of amides is 2. The molecule has 1 aromatic carbocycles. The fourth-order valence-corrected chi connectivity index (χ4v) is 3.20. The number of likely N-dealkylation sites (tertiary alicyclic amines) is 1. The minimum atomic E-state index is -0.0381. The highest BCUT2D eigenvalue weighted by Crippen LogP contribution is 2.29. The highest BCUT2D eigenvalue weighted by atomic mass is 79.9. The van der Waals surface area contributed by atoms with Gasteiger partial charge < -0.3 is 9.80 Å². The number of halogens is 1. The summed E-state index contributed by atoms with van der Waals surface area (Å²) >= 11 is 3.46. The second kappa shape index (κ2) is 4.96. The summed E-state index contributed by atoms with van der Waals surface area (Å²) in [4.78, 5) is 27.8. The zero-order valence-electron chi connectivity index (χ0n) is 10.6. The van der Waals surface area contributed by atoms with Crippen molar-refractivity contribution < 1.29 is 9.59 Å². The van der Waals surface area contributed by atoms with E-state index in [4.69, 9.17) is 0 Å². The molecule has 0 radical (unpaired) electrons. The van der Waals surface area contributed by atoms with Gasteiger partial charge in [-0.25, -0.2) is 0 Å². The SMILES string of the molecule is O=C(CN1Cc2c(Br)cccc2C1=O)N1CCCC1. The Morgan fingerprint density at radius 3 is 2.68 bits per heavy atom. The normalized spacial score (nSPS) is 18.1. The molecule has 0 saturated carbocycles. The van der Waals surface area contributed by atoms with Crippen molar-refractivity contribution in [1.29, 1.82) is 0 Å². The number of hydrogen-bond acceptors (Lipinski definition) is 2. The number of carbonyl (C=O) groups excluding carboxylic acids is 2. The average molecular weight is 323 g/mol. The van der Waals surface area contributed by atoms with Crippen LogP contribution < -0.4 is 0 Å². The van der Waals surface area contributed by atoms with Gasteiger partial charge in [-0.1, -0.05) is 22.0 Å². The number of rotatable bonds is 2. The van der Waals surface area contributed by atoms with E-state index in [0.29, 0.717) is 12.1 Å². The van der Waals surface area contributed by atoms with Gasteiger partial charge in [0.05, 0.1) is 0 Å². The number of fused-ring (bicyclic) bond motifs is 1. The topological polar surface area (TPSA) is 40.6 Å². The van der Waals surface area contributed by atoms with E-state index in [1.54, 1.807) is 4.90 Å². The first-order valence-corrected chi connectivity index (χ1v) is 7.30. The van der Waals surface area contributed by atoms with Crippen LogP contribution in [0.4, 0.5) is 0 Å². The molecule has 2 aliphatic rings. The van der Waals surface area contributed by atoms with Gasteiger partial charge in [0, 0.05) is 29.7 Å². The lowest BCUT2D eigenvalue weighted by Crippen LogP contribution is -2.39. The molecule has 5 heteroatoms. The van der Waals surface area contributed by atoms with Crippen LogP contribution in [0.5, 0.6) is 0 Å². The molecule has 2 aliphatic heterocycles. The van der Waals surface area contributed by atoms with E-state index in [0.717, 1.165) is 36.0 Å². The summed E-state index contributed by atoms with van der Waals surface area (Å²) in [5, 5.41) is 0. The molecule has 0 aromatic heterocycles. The second-order valence-electron chi connectivity index (χ2n) is 5.02. The van der Waals surface area contributed by atoms with Crippen molar-refractivity contribution in [1.82, 2.24) is 9.80 Å². The lowest BCUT2D eigenvalue weighted by Gasteiger charge is -2.20. The van der Waals surface area contributed by atoms with Crippen LogP contribution in [0.1, 0.15) is 28.8 Å². The second-order valence-corrected chi connectivity index (χ2v) is 5.87. The highest BCUT2D eigenvalue weighted by Gasteiger charge is 2.31. The predicted molar refractivity (Wildman–Crippen MR) is 74.7 cm³/mol. The Kier molecular flexibility index (Phi) is 3.31.